The van der Waals surface area contributed by atoms with Crippen LogP contribution >= 0.6 is 11.6 Å². The van der Waals surface area contributed by atoms with Crippen LogP contribution in [0.2, 0.25) is 5.02 Å². The minimum atomic E-state index is -0.326. The maximum atomic E-state index is 13.6. The number of anilines is 2. The molecule has 3 heterocycles. The van der Waals surface area contributed by atoms with Crippen LogP contribution in [0, 0.1) is 5.82 Å². The summed E-state index contributed by atoms with van der Waals surface area (Å²) in [7, 11) is 0. The van der Waals surface area contributed by atoms with Crippen LogP contribution in [-0.4, -0.2) is 64.0 Å². The van der Waals surface area contributed by atoms with Gasteiger partial charge in [-0.05, 0) is 36.4 Å². The molecule has 170 valence electrons. The van der Waals surface area contributed by atoms with Crippen LogP contribution in [-0.2, 0) is 4.74 Å². The normalized spacial score (nSPS) is 14.6. The summed E-state index contributed by atoms with van der Waals surface area (Å²) in [4.78, 5) is 11.6. The molecule has 3 N–H and O–H groups in total. The molecule has 0 aliphatic carbocycles. The molecule has 0 bridgehead atoms. The molecule has 5 rings (SSSR count). The van der Waals surface area contributed by atoms with Gasteiger partial charge in [-0.15, -0.1) is 5.10 Å². The molecule has 0 amide bonds. The quantitative estimate of drug-likeness (QED) is 0.447. The number of aromatic nitrogens is 4. The number of fused-ring (bicyclic) bond motifs is 1. The lowest BCUT2D eigenvalue weighted by molar-refractivity contribution is 0.0398. The highest BCUT2D eigenvalue weighted by molar-refractivity contribution is 6.32. The summed E-state index contributed by atoms with van der Waals surface area (Å²) >= 11 is 6.39. The molecule has 0 radical (unpaired) electrons. The molecule has 0 spiro atoms. The largest absolute Gasteiger partial charge is 0.383 e. The Bertz CT molecular complexity index is 1270. The summed E-state index contributed by atoms with van der Waals surface area (Å²) in [5.74, 6) is 0.462. The lowest BCUT2D eigenvalue weighted by atomic mass is 10.1. The van der Waals surface area contributed by atoms with E-state index in [1.165, 1.54) is 12.1 Å². The lowest BCUT2D eigenvalue weighted by Crippen LogP contribution is -2.39. The fourth-order valence-corrected chi connectivity index (χ4v) is 4.08. The predicted molar refractivity (Wildman–Crippen MR) is 127 cm³/mol. The number of hydrogen-bond donors (Lipinski definition) is 2. The number of ether oxygens (including phenoxy) is 1. The number of benzene rings is 2. The van der Waals surface area contributed by atoms with Crippen molar-refractivity contribution in [2.24, 2.45) is 0 Å². The first-order chi connectivity index (χ1) is 16.1. The van der Waals surface area contributed by atoms with Crippen LogP contribution < -0.4 is 11.1 Å². The predicted octanol–water partition coefficient (Wildman–Crippen LogP) is 3.60. The highest BCUT2D eigenvalue weighted by Gasteiger charge is 2.20. The molecule has 1 aliphatic rings. The number of hydrogen-bond acceptors (Lipinski definition) is 7. The van der Waals surface area contributed by atoms with Crippen LogP contribution in [0.15, 0.2) is 48.5 Å². The molecule has 0 atom stereocenters. The summed E-state index contributed by atoms with van der Waals surface area (Å²) in [6.45, 7) is 4.80. The summed E-state index contributed by atoms with van der Waals surface area (Å²) in [5.41, 5.74) is 8.86. The number of halogens is 2. The standard InChI is InChI=1S/C23H23ClFN7O/c24-17-3-1-2-4-18(17)32-21(26)19-20(15-5-7-16(25)8-6-15)28-23(29-22(19)30-32)27-9-10-31-11-13-33-14-12-31/h1-8H,9-14,26H2,(H,27,29,30). The van der Waals surface area contributed by atoms with E-state index < -0.39 is 0 Å². The van der Waals surface area contributed by atoms with Gasteiger partial charge in [0, 0.05) is 31.7 Å². The Morgan fingerprint density at radius 1 is 1.06 bits per heavy atom. The molecule has 4 aromatic rings. The molecular weight excluding hydrogens is 445 g/mol. The second-order valence-electron chi connectivity index (χ2n) is 7.73. The van der Waals surface area contributed by atoms with Gasteiger partial charge in [0.25, 0.3) is 0 Å². The molecule has 33 heavy (non-hydrogen) atoms. The van der Waals surface area contributed by atoms with E-state index in [-0.39, 0.29) is 5.82 Å². The van der Waals surface area contributed by atoms with Crippen LogP contribution in [0.3, 0.4) is 0 Å². The fraction of sp³-hybridized carbons (Fsp3) is 0.261. The first-order valence-electron chi connectivity index (χ1n) is 10.7. The number of nitrogens with one attached hydrogen (secondary N) is 1. The minimum absolute atomic E-state index is 0.326. The van der Waals surface area contributed by atoms with Gasteiger partial charge in [0.05, 0.1) is 35.0 Å². The van der Waals surface area contributed by atoms with E-state index >= 15 is 0 Å². The van der Waals surface area contributed by atoms with Gasteiger partial charge < -0.3 is 15.8 Å². The van der Waals surface area contributed by atoms with Crippen LogP contribution in [0.5, 0.6) is 0 Å². The van der Waals surface area contributed by atoms with Gasteiger partial charge in [0.15, 0.2) is 5.65 Å². The maximum Gasteiger partial charge on any atom is 0.225 e. The van der Waals surface area contributed by atoms with Crippen molar-refractivity contribution in [2.45, 2.75) is 0 Å². The van der Waals surface area contributed by atoms with E-state index in [0.717, 1.165) is 32.8 Å². The van der Waals surface area contributed by atoms with Gasteiger partial charge in [-0.2, -0.15) is 4.98 Å². The summed E-state index contributed by atoms with van der Waals surface area (Å²) in [5, 5.41) is 9.01. The summed E-state index contributed by atoms with van der Waals surface area (Å²) in [6, 6.07) is 13.4. The third-order valence-corrected chi connectivity index (χ3v) is 5.90. The third-order valence-electron chi connectivity index (χ3n) is 5.58. The molecule has 2 aromatic carbocycles. The average molecular weight is 468 g/mol. The maximum absolute atomic E-state index is 13.6. The SMILES string of the molecule is Nc1c2c(-c3ccc(F)cc3)nc(NCCN3CCOCC3)nc2nn1-c1ccccc1Cl. The monoisotopic (exact) mass is 467 g/mol. The first kappa shape index (κ1) is 21.6. The first-order valence-corrected chi connectivity index (χ1v) is 11.1. The Hall–Kier alpha value is -3.27. The summed E-state index contributed by atoms with van der Waals surface area (Å²) in [6.07, 6.45) is 0. The van der Waals surface area contributed by atoms with Crippen molar-refractivity contribution >= 4 is 34.4 Å². The molecule has 8 nitrogen and oxygen atoms in total. The minimum Gasteiger partial charge on any atom is -0.383 e. The number of morpholine rings is 1. The number of nitrogen functional groups attached to an aromatic ring is 1. The van der Waals surface area contributed by atoms with E-state index in [0.29, 0.717) is 51.3 Å². The van der Waals surface area contributed by atoms with Crippen molar-refractivity contribution in [3.8, 4) is 16.9 Å². The Kier molecular flexibility index (Phi) is 6.08. The van der Waals surface area contributed by atoms with Gasteiger partial charge in [-0.1, -0.05) is 23.7 Å². The topological polar surface area (TPSA) is 94.1 Å². The second-order valence-corrected chi connectivity index (χ2v) is 8.14. The molecular formula is C23H23ClFN7O. The Morgan fingerprint density at radius 2 is 1.82 bits per heavy atom. The van der Waals surface area contributed by atoms with Crippen molar-refractivity contribution in [3.05, 3.63) is 59.4 Å². The smallest absolute Gasteiger partial charge is 0.225 e. The lowest BCUT2D eigenvalue weighted by Gasteiger charge is -2.26. The second kappa shape index (κ2) is 9.30. The molecule has 1 aliphatic heterocycles. The van der Waals surface area contributed by atoms with Gasteiger partial charge in [0.2, 0.25) is 5.95 Å². The molecule has 2 aromatic heterocycles. The van der Waals surface area contributed by atoms with Crippen LogP contribution in [0.4, 0.5) is 16.2 Å². The molecule has 1 saturated heterocycles. The third kappa shape index (κ3) is 4.47. The molecule has 10 heteroatoms. The zero-order valence-electron chi connectivity index (χ0n) is 17.8. The number of nitrogens with two attached hydrogens (primary N) is 1. The average Bonchev–Trinajstić information content (AvgIpc) is 3.16. The zero-order valence-corrected chi connectivity index (χ0v) is 18.6. The highest BCUT2D eigenvalue weighted by Crippen LogP contribution is 2.34. The Balaban J connectivity index is 1.55. The van der Waals surface area contributed by atoms with Crippen molar-refractivity contribution in [2.75, 3.05) is 50.4 Å². The van der Waals surface area contributed by atoms with Crippen LogP contribution in [0.25, 0.3) is 28.0 Å². The number of rotatable bonds is 6. The Labute approximate surface area is 195 Å². The van der Waals surface area contributed by atoms with Gasteiger partial charge in [-0.3, -0.25) is 4.90 Å². The summed E-state index contributed by atoms with van der Waals surface area (Å²) < 4.78 is 20.5. The zero-order chi connectivity index (χ0) is 22.8. The van der Waals surface area contributed by atoms with Crippen molar-refractivity contribution in [1.29, 1.82) is 0 Å². The molecule has 0 saturated carbocycles. The van der Waals surface area contributed by atoms with E-state index in [4.69, 9.17) is 27.1 Å². The number of nitrogens with zero attached hydrogens (tertiary/aromatic N) is 5. The van der Waals surface area contributed by atoms with E-state index in [1.807, 2.05) is 18.2 Å². The van der Waals surface area contributed by atoms with E-state index in [1.54, 1.807) is 22.9 Å². The van der Waals surface area contributed by atoms with Gasteiger partial charge >= 0.3 is 0 Å². The fourth-order valence-electron chi connectivity index (χ4n) is 3.87. The van der Waals surface area contributed by atoms with E-state index in [2.05, 4.69) is 20.3 Å². The molecule has 1 fully saturated rings. The van der Waals surface area contributed by atoms with Gasteiger partial charge in [-0.25, -0.2) is 14.1 Å². The van der Waals surface area contributed by atoms with Crippen LogP contribution in [0.1, 0.15) is 0 Å². The number of para-hydroxylation sites is 1. The van der Waals surface area contributed by atoms with Crippen molar-refractivity contribution in [3.63, 3.8) is 0 Å². The van der Waals surface area contributed by atoms with Crippen molar-refractivity contribution in [1.82, 2.24) is 24.6 Å². The molecule has 0 unspecified atom stereocenters. The van der Waals surface area contributed by atoms with E-state index in [9.17, 15) is 4.39 Å². The highest BCUT2D eigenvalue weighted by atomic mass is 35.5. The van der Waals surface area contributed by atoms with Crippen molar-refractivity contribution < 1.29 is 9.13 Å². The van der Waals surface area contributed by atoms with Gasteiger partial charge in [0.1, 0.15) is 11.6 Å². The Morgan fingerprint density at radius 3 is 2.58 bits per heavy atom.